The van der Waals surface area contributed by atoms with Gasteiger partial charge in [-0.3, -0.25) is 14.9 Å². The molecule has 1 unspecified atom stereocenters. The molecule has 0 bridgehead atoms. The number of non-ortho nitro benzene ring substituents is 1. The average molecular weight is 221 g/mol. The largest absolute Gasteiger partial charge is 0.482 e. The SMILES string of the molecule is CCC1Oc2ccc([N+](=O)[O-])cc2CC1=O. The van der Waals surface area contributed by atoms with Crippen molar-refractivity contribution in [1.29, 1.82) is 0 Å². The van der Waals surface area contributed by atoms with Crippen LogP contribution in [0.15, 0.2) is 18.2 Å². The Bertz CT molecular complexity index is 455. The molecule has 0 radical (unpaired) electrons. The fourth-order valence-corrected chi connectivity index (χ4v) is 1.76. The predicted octanol–water partition coefficient (Wildman–Crippen LogP) is 1.88. The number of hydrogen-bond donors (Lipinski definition) is 0. The Hall–Kier alpha value is -1.91. The van der Waals surface area contributed by atoms with Gasteiger partial charge in [0.05, 0.1) is 4.92 Å². The van der Waals surface area contributed by atoms with Crippen LogP contribution >= 0.6 is 0 Å². The van der Waals surface area contributed by atoms with Crippen LogP contribution in [0.5, 0.6) is 5.75 Å². The second kappa shape index (κ2) is 3.92. The minimum atomic E-state index is -0.476. The van der Waals surface area contributed by atoms with Crippen molar-refractivity contribution in [3.63, 3.8) is 0 Å². The van der Waals surface area contributed by atoms with Gasteiger partial charge in [0, 0.05) is 24.1 Å². The van der Waals surface area contributed by atoms with Crippen LogP contribution in [0.3, 0.4) is 0 Å². The van der Waals surface area contributed by atoms with Crippen LogP contribution in [-0.2, 0) is 11.2 Å². The summed E-state index contributed by atoms with van der Waals surface area (Å²) in [5.41, 5.74) is 0.592. The average Bonchev–Trinajstić information content (AvgIpc) is 2.27. The number of Topliss-reactive ketones (excluding diaryl/α,β-unsaturated/α-hetero) is 1. The third-order valence-corrected chi connectivity index (χ3v) is 2.62. The highest BCUT2D eigenvalue weighted by molar-refractivity contribution is 5.87. The molecule has 0 amide bonds. The monoisotopic (exact) mass is 221 g/mol. The first-order valence-electron chi connectivity index (χ1n) is 5.08. The number of hydrogen-bond acceptors (Lipinski definition) is 4. The number of nitro benzene ring substituents is 1. The predicted molar refractivity (Wildman–Crippen MR) is 56.5 cm³/mol. The van der Waals surface area contributed by atoms with Crippen LogP contribution in [0.4, 0.5) is 5.69 Å². The lowest BCUT2D eigenvalue weighted by molar-refractivity contribution is -0.384. The van der Waals surface area contributed by atoms with Crippen LogP contribution in [0.25, 0.3) is 0 Å². The Labute approximate surface area is 92.2 Å². The molecule has 1 aromatic carbocycles. The number of nitrogens with zero attached hydrogens (tertiary/aromatic N) is 1. The van der Waals surface area contributed by atoms with Crippen molar-refractivity contribution in [2.45, 2.75) is 25.9 Å². The van der Waals surface area contributed by atoms with E-state index in [1.807, 2.05) is 6.92 Å². The highest BCUT2D eigenvalue weighted by Crippen LogP contribution is 2.30. The summed E-state index contributed by atoms with van der Waals surface area (Å²) in [6, 6.07) is 4.35. The summed E-state index contributed by atoms with van der Waals surface area (Å²) in [5.74, 6) is 0.563. The van der Waals surface area contributed by atoms with Crippen molar-refractivity contribution in [1.82, 2.24) is 0 Å². The van der Waals surface area contributed by atoms with Gasteiger partial charge in [-0.1, -0.05) is 6.92 Å². The molecular weight excluding hydrogens is 210 g/mol. The van der Waals surface area contributed by atoms with Crippen molar-refractivity contribution in [2.24, 2.45) is 0 Å². The van der Waals surface area contributed by atoms with Gasteiger partial charge >= 0.3 is 0 Å². The number of ether oxygens (including phenoxy) is 1. The zero-order valence-corrected chi connectivity index (χ0v) is 8.80. The molecule has 1 heterocycles. The zero-order valence-electron chi connectivity index (χ0n) is 8.80. The van der Waals surface area contributed by atoms with E-state index in [9.17, 15) is 14.9 Å². The lowest BCUT2D eigenvalue weighted by Crippen LogP contribution is -2.32. The van der Waals surface area contributed by atoms with E-state index in [2.05, 4.69) is 0 Å². The Morgan fingerprint density at radius 2 is 2.31 bits per heavy atom. The molecular formula is C11H11NO4. The summed E-state index contributed by atoms with van der Waals surface area (Å²) in [6.45, 7) is 1.87. The summed E-state index contributed by atoms with van der Waals surface area (Å²) in [5, 5.41) is 10.6. The first-order chi connectivity index (χ1) is 7.61. The molecule has 1 atom stereocenters. The Kier molecular flexibility index (Phi) is 2.60. The first kappa shape index (κ1) is 10.6. The van der Waals surface area contributed by atoms with Crippen molar-refractivity contribution in [3.05, 3.63) is 33.9 Å². The van der Waals surface area contributed by atoms with Crippen LogP contribution in [0.1, 0.15) is 18.9 Å². The Balaban J connectivity index is 2.36. The maximum absolute atomic E-state index is 11.6. The van der Waals surface area contributed by atoms with E-state index in [1.165, 1.54) is 12.1 Å². The molecule has 0 N–H and O–H groups in total. The van der Waals surface area contributed by atoms with E-state index < -0.39 is 11.0 Å². The highest BCUT2D eigenvalue weighted by atomic mass is 16.6. The molecule has 0 fully saturated rings. The number of ketones is 1. The smallest absolute Gasteiger partial charge is 0.269 e. The van der Waals surface area contributed by atoms with E-state index in [-0.39, 0.29) is 17.9 Å². The van der Waals surface area contributed by atoms with Crippen molar-refractivity contribution in [3.8, 4) is 5.75 Å². The molecule has 0 saturated carbocycles. The molecule has 2 rings (SSSR count). The van der Waals surface area contributed by atoms with Gasteiger partial charge in [-0.15, -0.1) is 0 Å². The fraction of sp³-hybridized carbons (Fsp3) is 0.364. The van der Waals surface area contributed by atoms with Gasteiger partial charge in [-0.2, -0.15) is 0 Å². The second-order valence-corrected chi connectivity index (χ2v) is 3.71. The summed E-state index contributed by atoms with van der Waals surface area (Å²) in [7, 11) is 0. The summed E-state index contributed by atoms with van der Waals surface area (Å²) in [6.07, 6.45) is 0.430. The molecule has 84 valence electrons. The summed E-state index contributed by atoms with van der Waals surface area (Å²) < 4.78 is 5.46. The molecule has 0 aliphatic carbocycles. The molecule has 5 nitrogen and oxygen atoms in total. The van der Waals surface area contributed by atoms with Crippen LogP contribution in [-0.4, -0.2) is 16.8 Å². The number of carbonyl (C=O) groups excluding carboxylic acids is 1. The molecule has 1 aliphatic heterocycles. The molecule has 0 aromatic heterocycles. The minimum absolute atomic E-state index is 0.00917. The molecule has 16 heavy (non-hydrogen) atoms. The lowest BCUT2D eigenvalue weighted by atomic mass is 9.99. The van der Waals surface area contributed by atoms with Crippen molar-refractivity contribution in [2.75, 3.05) is 0 Å². The van der Waals surface area contributed by atoms with Crippen LogP contribution in [0.2, 0.25) is 0 Å². The van der Waals surface area contributed by atoms with Crippen molar-refractivity contribution >= 4 is 11.5 Å². The summed E-state index contributed by atoms with van der Waals surface area (Å²) >= 11 is 0. The van der Waals surface area contributed by atoms with E-state index in [4.69, 9.17) is 4.74 Å². The van der Waals surface area contributed by atoms with E-state index >= 15 is 0 Å². The molecule has 1 aromatic rings. The van der Waals surface area contributed by atoms with Gasteiger partial charge in [0.2, 0.25) is 0 Å². The molecule has 1 aliphatic rings. The topological polar surface area (TPSA) is 69.4 Å². The number of carbonyl (C=O) groups is 1. The lowest BCUT2D eigenvalue weighted by Gasteiger charge is -2.23. The maximum atomic E-state index is 11.6. The minimum Gasteiger partial charge on any atom is -0.482 e. The van der Waals surface area contributed by atoms with E-state index in [1.54, 1.807) is 6.07 Å². The maximum Gasteiger partial charge on any atom is 0.269 e. The van der Waals surface area contributed by atoms with Crippen LogP contribution in [0, 0.1) is 10.1 Å². The number of fused-ring (bicyclic) bond motifs is 1. The quantitative estimate of drug-likeness (QED) is 0.564. The third-order valence-electron chi connectivity index (χ3n) is 2.62. The van der Waals surface area contributed by atoms with Crippen LogP contribution < -0.4 is 4.74 Å². The zero-order chi connectivity index (χ0) is 11.7. The molecule has 5 heteroatoms. The molecule has 0 spiro atoms. The number of rotatable bonds is 2. The third kappa shape index (κ3) is 1.76. The normalized spacial score (nSPS) is 18.8. The van der Waals surface area contributed by atoms with Gasteiger partial charge < -0.3 is 4.74 Å². The van der Waals surface area contributed by atoms with Gasteiger partial charge in [0.25, 0.3) is 5.69 Å². The Morgan fingerprint density at radius 3 is 2.94 bits per heavy atom. The van der Waals surface area contributed by atoms with E-state index in [0.29, 0.717) is 17.7 Å². The first-order valence-corrected chi connectivity index (χ1v) is 5.08. The number of nitro groups is 1. The Morgan fingerprint density at radius 1 is 1.56 bits per heavy atom. The fourth-order valence-electron chi connectivity index (χ4n) is 1.76. The van der Waals surface area contributed by atoms with Gasteiger partial charge in [0.1, 0.15) is 5.75 Å². The van der Waals surface area contributed by atoms with E-state index in [0.717, 1.165) is 0 Å². The van der Waals surface area contributed by atoms with Gasteiger partial charge in [-0.25, -0.2) is 0 Å². The number of benzene rings is 1. The highest BCUT2D eigenvalue weighted by Gasteiger charge is 2.27. The second-order valence-electron chi connectivity index (χ2n) is 3.71. The standard InChI is InChI=1S/C11H11NO4/c1-2-10-9(13)6-7-5-8(12(14)15)3-4-11(7)16-10/h3-5,10H,2,6H2,1H3. The van der Waals surface area contributed by atoms with Gasteiger partial charge in [-0.05, 0) is 12.5 Å². The van der Waals surface area contributed by atoms with Gasteiger partial charge in [0.15, 0.2) is 11.9 Å². The summed E-state index contributed by atoms with van der Waals surface area (Å²) in [4.78, 5) is 21.7. The van der Waals surface area contributed by atoms with Crippen molar-refractivity contribution < 1.29 is 14.5 Å². The molecule has 0 saturated heterocycles.